The van der Waals surface area contributed by atoms with Gasteiger partial charge in [0.2, 0.25) is 0 Å². The van der Waals surface area contributed by atoms with Gasteiger partial charge in [0.1, 0.15) is 0 Å². The Bertz CT molecular complexity index is 975. The Hall–Kier alpha value is -1.46. The number of hydrogen-bond donors (Lipinski definition) is 0. The molecule has 2 aromatic carbocycles. The fourth-order valence-corrected chi connectivity index (χ4v) is 8.64. The third-order valence-corrected chi connectivity index (χ3v) is 10.2. The second-order valence-corrected chi connectivity index (χ2v) is 12.2. The summed E-state index contributed by atoms with van der Waals surface area (Å²) in [4.78, 5) is 0. The van der Waals surface area contributed by atoms with E-state index in [0.29, 0.717) is 0 Å². The van der Waals surface area contributed by atoms with Crippen LogP contribution < -0.4 is 0 Å². The zero-order valence-electron chi connectivity index (χ0n) is 16.8. The van der Waals surface area contributed by atoms with Crippen molar-refractivity contribution >= 4 is 6.08 Å². The van der Waals surface area contributed by atoms with Crippen LogP contribution >= 0.6 is 0 Å². The van der Waals surface area contributed by atoms with Gasteiger partial charge in [0.05, 0.1) is 0 Å². The van der Waals surface area contributed by atoms with Crippen LogP contribution in [0.3, 0.4) is 0 Å². The average Bonchev–Trinajstić information content (AvgIpc) is 3.46. The molecule has 2 aromatic rings. The third-order valence-electron chi connectivity index (χ3n) is 6.43. The number of rotatable bonds is 6. The van der Waals surface area contributed by atoms with Gasteiger partial charge >= 0.3 is 182 Å². The SMILES string of the molecule is CCCCC1=CC[C]([Zr][CH]2C=Cc3c2cc2c(c3-c3ccccc3)CCC2)=C1. The number of unbranched alkanes of at least 4 members (excludes halogenated alkanes) is 1. The van der Waals surface area contributed by atoms with Crippen LogP contribution in [0, 0.1) is 0 Å². The van der Waals surface area contributed by atoms with Crippen molar-refractivity contribution in [1.82, 2.24) is 0 Å². The van der Waals surface area contributed by atoms with E-state index in [1.807, 2.05) is 0 Å². The van der Waals surface area contributed by atoms with Crippen LogP contribution in [0.15, 0.2) is 63.5 Å². The van der Waals surface area contributed by atoms with Crippen LogP contribution in [0.25, 0.3) is 17.2 Å². The molecule has 0 bridgehead atoms. The van der Waals surface area contributed by atoms with Gasteiger partial charge in [-0.25, -0.2) is 0 Å². The summed E-state index contributed by atoms with van der Waals surface area (Å²) < 4.78 is 2.51. The summed E-state index contributed by atoms with van der Waals surface area (Å²) in [6.45, 7) is 2.29. The Balaban J connectivity index is 1.46. The van der Waals surface area contributed by atoms with Crippen molar-refractivity contribution in [1.29, 1.82) is 0 Å². The molecule has 28 heavy (non-hydrogen) atoms. The van der Waals surface area contributed by atoms with Crippen LogP contribution in [-0.2, 0) is 36.1 Å². The number of fused-ring (bicyclic) bond motifs is 2. The van der Waals surface area contributed by atoms with Gasteiger partial charge < -0.3 is 0 Å². The predicted octanol–water partition coefficient (Wildman–Crippen LogP) is 7.40. The number of aryl methyl sites for hydroxylation is 1. The number of hydrogen-bond acceptors (Lipinski definition) is 0. The van der Waals surface area contributed by atoms with Gasteiger partial charge in [-0.1, -0.05) is 0 Å². The molecule has 0 amide bonds. The second kappa shape index (κ2) is 8.12. The quantitative estimate of drug-likeness (QED) is 0.436. The summed E-state index contributed by atoms with van der Waals surface area (Å²) in [5.41, 5.74) is 11.0. The molecule has 0 N–H and O–H groups in total. The second-order valence-electron chi connectivity index (χ2n) is 8.35. The average molecular weight is 444 g/mol. The van der Waals surface area contributed by atoms with Crippen molar-refractivity contribution in [3.05, 3.63) is 85.7 Å². The summed E-state index contributed by atoms with van der Waals surface area (Å²) in [7, 11) is 0. The van der Waals surface area contributed by atoms with E-state index in [1.165, 1.54) is 56.1 Å². The van der Waals surface area contributed by atoms with Crippen molar-refractivity contribution in [2.45, 2.75) is 55.5 Å². The van der Waals surface area contributed by atoms with Crippen LogP contribution in [0.2, 0.25) is 0 Å². The first-order valence-electron chi connectivity index (χ1n) is 10.9. The Morgan fingerprint density at radius 1 is 1.11 bits per heavy atom. The standard InChI is InChI=1S/C18H15.C9H13.Zr/c1-2-6-13(7-3-1)18-16-10-4-8-14(16)12-15-9-5-11-17(15)18;1-2-3-6-9-7-4-5-8-9;/h1-4,6-8,10,12H,5,9,11H2;7-8H,2-4,6H2,1H3;. The molecule has 0 spiro atoms. The van der Waals surface area contributed by atoms with Crippen LogP contribution in [0.5, 0.6) is 0 Å². The molecular weight excluding hydrogens is 416 g/mol. The molecule has 0 nitrogen and oxygen atoms in total. The molecule has 0 radical (unpaired) electrons. The maximum atomic E-state index is 2.59. The monoisotopic (exact) mass is 442 g/mol. The molecular formula is C27H28Zr. The fourth-order valence-electron chi connectivity index (χ4n) is 5.02. The molecule has 3 aliphatic rings. The molecule has 140 valence electrons. The van der Waals surface area contributed by atoms with Crippen molar-refractivity contribution in [3.8, 4) is 11.1 Å². The molecule has 0 aromatic heterocycles. The van der Waals surface area contributed by atoms with Crippen molar-refractivity contribution in [2.24, 2.45) is 0 Å². The normalized spacial score (nSPS) is 19.4. The first-order valence-corrected chi connectivity index (χ1v) is 13.6. The zero-order valence-corrected chi connectivity index (χ0v) is 19.3. The molecule has 0 aliphatic heterocycles. The fraction of sp³-hybridized carbons (Fsp3) is 0.333. The van der Waals surface area contributed by atoms with Crippen molar-refractivity contribution < 1.29 is 23.2 Å². The molecule has 0 saturated heterocycles. The third kappa shape index (κ3) is 3.48. The Labute approximate surface area is 181 Å². The number of allylic oxidation sites excluding steroid dienone is 5. The maximum absolute atomic E-state index is 2.59. The summed E-state index contributed by atoms with van der Waals surface area (Å²) in [6.07, 6.45) is 19.1. The predicted molar refractivity (Wildman–Crippen MR) is 116 cm³/mol. The summed E-state index contributed by atoms with van der Waals surface area (Å²) in [6, 6.07) is 13.7. The van der Waals surface area contributed by atoms with Gasteiger partial charge in [-0.3, -0.25) is 0 Å². The van der Waals surface area contributed by atoms with Gasteiger partial charge in [0, 0.05) is 0 Å². The molecule has 3 aliphatic carbocycles. The molecule has 1 heteroatoms. The van der Waals surface area contributed by atoms with E-state index in [4.69, 9.17) is 0 Å². The number of benzene rings is 2. The Morgan fingerprint density at radius 3 is 2.86 bits per heavy atom. The summed E-state index contributed by atoms with van der Waals surface area (Å²) in [5.74, 6) is 0. The molecule has 1 atom stereocenters. The van der Waals surface area contributed by atoms with Crippen LogP contribution in [-0.4, -0.2) is 0 Å². The van der Waals surface area contributed by atoms with E-state index in [9.17, 15) is 0 Å². The van der Waals surface area contributed by atoms with E-state index in [-0.39, 0.29) is 0 Å². The van der Waals surface area contributed by atoms with Gasteiger partial charge in [-0.2, -0.15) is 0 Å². The Kier molecular flexibility index (Phi) is 5.38. The van der Waals surface area contributed by atoms with E-state index in [1.54, 1.807) is 31.1 Å². The molecule has 0 saturated carbocycles. The van der Waals surface area contributed by atoms with Crippen LogP contribution in [0.4, 0.5) is 0 Å². The van der Waals surface area contributed by atoms with E-state index in [2.05, 4.69) is 67.6 Å². The molecule has 1 unspecified atom stereocenters. The van der Waals surface area contributed by atoms with Gasteiger partial charge in [0.25, 0.3) is 0 Å². The minimum absolute atomic E-state index is 0.618. The van der Waals surface area contributed by atoms with Gasteiger partial charge in [0.15, 0.2) is 0 Å². The Morgan fingerprint density at radius 2 is 2.00 bits per heavy atom. The molecule has 0 fully saturated rings. The topological polar surface area (TPSA) is 0 Å². The van der Waals surface area contributed by atoms with Crippen molar-refractivity contribution in [2.75, 3.05) is 0 Å². The first-order chi connectivity index (χ1) is 13.8. The first kappa shape index (κ1) is 18.6. The minimum atomic E-state index is -0.618. The van der Waals surface area contributed by atoms with E-state index in [0.717, 1.165) is 3.63 Å². The summed E-state index contributed by atoms with van der Waals surface area (Å²) in [5, 5.41) is 0. The van der Waals surface area contributed by atoms with Gasteiger partial charge in [-0.05, 0) is 0 Å². The molecule has 0 heterocycles. The van der Waals surface area contributed by atoms with E-state index < -0.39 is 23.2 Å². The van der Waals surface area contributed by atoms with E-state index >= 15 is 0 Å². The molecule has 5 rings (SSSR count). The van der Waals surface area contributed by atoms with Crippen molar-refractivity contribution in [3.63, 3.8) is 0 Å². The summed E-state index contributed by atoms with van der Waals surface area (Å²) >= 11 is -0.618. The van der Waals surface area contributed by atoms with Gasteiger partial charge in [-0.15, -0.1) is 0 Å². The van der Waals surface area contributed by atoms with Crippen LogP contribution in [0.1, 0.15) is 64.9 Å². The zero-order chi connectivity index (χ0) is 18.9.